The molecular formula is C8H15N. The lowest BCUT2D eigenvalue weighted by molar-refractivity contribution is 0.905. The Morgan fingerprint density at radius 2 is 2.22 bits per heavy atom. The molecule has 0 saturated heterocycles. The van der Waals surface area contributed by atoms with Crippen LogP contribution < -0.4 is 5.73 Å². The van der Waals surface area contributed by atoms with Crippen molar-refractivity contribution in [1.82, 2.24) is 0 Å². The summed E-state index contributed by atoms with van der Waals surface area (Å²) in [7, 11) is 0. The minimum absolute atomic E-state index is 1.17. The molecule has 0 aromatic rings. The van der Waals surface area contributed by atoms with Crippen LogP contribution in [0.3, 0.4) is 0 Å². The first-order valence-corrected chi connectivity index (χ1v) is 3.35. The summed E-state index contributed by atoms with van der Waals surface area (Å²) in [6, 6.07) is 0. The van der Waals surface area contributed by atoms with Crippen molar-refractivity contribution < 1.29 is 0 Å². The van der Waals surface area contributed by atoms with E-state index in [1.165, 1.54) is 18.4 Å². The molecule has 0 aliphatic carbocycles. The first-order valence-electron chi connectivity index (χ1n) is 3.35. The molecule has 0 unspecified atom stereocenters. The second-order valence-electron chi connectivity index (χ2n) is 2.15. The fourth-order valence-corrected chi connectivity index (χ4v) is 0.697. The van der Waals surface area contributed by atoms with Gasteiger partial charge in [0.15, 0.2) is 0 Å². The maximum Gasteiger partial charge on any atom is -0.00624 e. The van der Waals surface area contributed by atoms with Crippen LogP contribution in [0, 0.1) is 0 Å². The lowest BCUT2D eigenvalue weighted by Crippen LogP contribution is -1.76. The highest BCUT2D eigenvalue weighted by Crippen LogP contribution is 2.01. The summed E-state index contributed by atoms with van der Waals surface area (Å²) in [6.45, 7) is 4.28. The molecule has 0 aromatic heterocycles. The summed E-state index contributed by atoms with van der Waals surface area (Å²) >= 11 is 0. The van der Waals surface area contributed by atoms with Gasteiger partial charge in [-0.15, -0.1) is 0 Å². The first-order chi connectivity index (χ1) is 4.31. The van der Waals surface area contributed by atoms with E-state index in [4.69, 9.17) is 5.73 Å². The normalized spacial score (nSPS) is 12.9. The first kappa shape index (κ1) is 8.28. The van der Waals surface area contributed by atoms with E-state index in [1.54, 1.807) is 6.20 Å². The zero-order valence-corrected chi connectivity index (χ0v) is 6.22. The van der Waals surface area contributed by atoms with E-state index in [2.05, 4.69) is 13.8 Å². The van der Waals surface area contributed by atoms with E-state index >= 15 is 0 Å². The zero-order valence-electron chi connectivity index (χ0n) is 6.22. The molecule has 0 fully saturated rings. The Morgan fingerprint density at radius 1 is 1.56 bits per heavy atom. The topological polar surface area (TPSA) is 26.0 Å². The van der Waals surface area contributed by atoms with Crippen LogP contribution in [-0.2, 0) is 0 Å². The van der Waals surface area contributed by atoms with Crippen molar-refractivity contribution in [3.05, 3.63) is 23.9 Å². The predicted molar refractivity (Wildman–Crippen MR) is 42.0 cm³/mol. The Labute approximate surface area is 57.3 Å². The van der Waals surface area contributed by atoms with Gasteiger partial charge in [-0.05, 0) is 25.6 Å². The Kier molecular flexibility index (Phi) is 4.98. The van der Waals surface area contributed by atoms with E-state index in [-0.39, 0.29) is 0 Å². The van der Waals surface area contributed by atoms with Gasteiger partial charge in [-0.3, -0.25) is 0 Å². The highest BCUT2D eigenvalue weighted by Gasteiger charge is 1.81. The minimum atomic E-state index is 1.17. The third-order valence-corrected chi connectivity index (χ3v) is 1.14. The summed E-state index contributed by atoms with van der Waals surface area (Å²) in [6.07, 6.45) is 7.85. The average molecular weight is 125 g/mol. The lowest BCUT2D eigenvalue weighted by atomic mass is 10.2. The maximum atomic E-state index is 5.15. The fourth-order valence-electron chi connectivity index (χ4n) is 0.697. The fraction of sp³-hybridized carbons (Fsp3) is 0.500. The van der Waals surface area contributed by atoms with Crippen LogP contribution in [0.1, 0.15) is 26.7 Å². The molecule has 0 aliphatic rings. The van der Waals surface area contributed by atoms with Crippen molar-refractivity contribution in [1.29, 1.82) is 0 Å². The van der Waals surface area contributed by atoms with E-state index in [1.807, 2.05) is 12.2 Å². The Morgan fingerprint density at radius 3 is 2.67 bits per heavy atom. The molecular weight excluding hydrogens is 110 g/mol. The molecule has 0 spiro atoms. The Hall–Kier alpha value is -0.720. The molecule has 0 bridgehead atoms. The Bertz CT molecular complexity index is 112. The van der Waals surface area contributed by atoms with Crippen molar-refractivity contribution >= 4 is 0 Å². The molecule has 0 rings (SSSR count). The summed E-state index contributed by atoms with van der Waals surface area (Å²) in [4.78, 5) is 0. The standard InChI is InChI=1S/C8H15N/c1-3-5-8(2)6-4-7-9/h4,6-7H,3,5,9H2,1-2H3/b7-4+,8-6+. The van der Waals surface area contributed by atoms with Crippen LogP contribution in [-0.4, -0.2) is 0 Å². The lowest BCUT2D eigenvalue weighted by Gasteiger charge is -1.92. The van der Waals surface area contributed by atoms with Crippen molar-refractivity contribution in [2.24, 2.45) is 5.73 Å². The molecule has 1 heteroatoms. The third kappa shape index (κ3) is 5.15. The highest BCUT2D eigenvalue weighted by atomic mass is 14.5. The molecule has 0 amide bonds. The molecule has 0 atom stereocenters. The van der Waals surface area contributed by atoms with Crippen LogP contribution in [0.5, 0.6) is 0 Å². The molecule has 52 valence electrons. The van der Waals surface area contributed by atoms with Gasteiger partial charge in [0.1, 0.15) is 0 Å². The van der Waals surface area contributed by atoms with Gasteiger partial charge in [0.2, 0.25) is 0 Å². The second kappa shape index (κ2) is 5.42. The summed E-state index contributed by atoms with van der Waals surface area (Å²) < 4.78 is 0. The van der Waals surface area contributed by atoms with Crippen LogP contribution >= 0.6 is 0 Å². The zero-order chi connectivity index (χ0) is 7.11. The number of nitrogens with two attached hydrogens (primary N) is 1. The van der Waals surface area contributed by atoms with Gasteiger partial charge in [0, 0.05) is 0 Å². The number of hydrogen-bond acceptors (Lipinski definition) is 1. The molecule has 1 nitrogen and oxygen atoms in total. The molecule has 0 aliphatic heterocycles. The molecule has 0 heterocycles. The minimum Gasteiger partial charge on any atom is -0.405 e. The highest BCUT2D eigenvalue weighted by molar-refractivity contribution is 5.09. The van der Waals surface area contributed by atoms with Gasteiger partial charge in [-0.25, -0.2) is 0 Å². The van der Waals surface area contributed by atoms with Crippen molar-refractivity contribution in [2.45, 2.75) is 26.7 Å². The van der Waals surface area contributed by atoms with Gasteiger partial charge >= 0.3 is 0 Å². The number of hydrogen-bond donors (Lipinski definition) is 1. The smallest absolute Gasteiger partial charge is 0.00624 e. The number of rotatable bonds is 3. The van der Waals surface area contributed by atoms with Crippen LogP contribution in [0.2, 0.25) is 0 Å². The van der Waals surface area contributed by atoms with Gasteiger partial charge < -0.3 is 5.73 Å². The Balaban J connectivity index is 3.55. The second-order valence-corrected chi connectivity index (χ2v) is 2.15. The van der Waals surface area contributed by atoms with Gasteiger partial charge in [0.25, 0.3) is 0 Å². The van der Waals surface area contributed by atoms with Gasteiger partial charge in [-0.1, -0.05) is 25.0 Å². The van der Waals surface area contributed by atoms with Crippen LogP contribution in [0.4, 0.5) is 0 Å². The van der Waals surface area contributed by atoms with Gasteiger partial charge in [-0.2, -0.15) is 0 Å². The van der Waals surface area contributed by atoms with Crippen molar-refractivity contribution in [3.63, 3.8) is 0 Å². The maximum absolute atomic E-state index is 5.15. The SMILES string of the molecule is CCC/C(C)=C/C=C/N. The summed E-state index contributed by atoms with van der Waals surface area (Å²) in [5.41, 5.74) is 6.54. The molecule has 2 N–H and O–H groups in total. The van der Waals surface area contributed by atoms with E-state index < -0.39 is 0 Å². The third-order valence-electron chi connectivity index (χ3n) is 1.14. The molecule has 0 saturated carbocycles. The summed E-state index contributed by atoms with van der Waals surface area (Å²) in [5.74, 6) is 0. The van der Waals surface area contributed by atoms with Crippen molar-refractivity contribution in [2.75, 3.05) is 0 Å². The molecule has 0 aromatic carbocycles. The van der Waals surface area contributed by atoms with E-state index in [0.29, 0.717) is 0 Å². The van der Waals surface area contributed by atoms with Crippen LogP contribution in [0.25, 0.3) is 0 Å². The predicted octanol–water partition coefficient (Wildman–Crippen LogP) is 2.21. The quantitative estimate of drug-likeness (QED) is 0.575. The van der Waals surface area contributed by atoms with Crippen LogP contribution in [0.15, 0.2) is 23.9 Å². The number of allylic oxidation sites excluding steroid dienone is 3. The summed E-state index contributed by atoms with van der Waals surface area (Å²) in [5, 5.41) is 0. The van der Waals surface area contributed by atoms with E-state index in [9.17, 15) is 0 Å². The monoisotopic (exact) mass is 125 g/mol. The average Bonchev–Trinajstić information content (AvgIpc) is 1.85. The molecule has 9 heavy (non-hydrogen) atoms. The van der Waals surface area contributed by atoms with Crippen molar-refractivity contribution in [3.8, 4) is 0 Å². The molecule has 0 radical (unpaired) electrons. The van der Waals surface area contributed by atoms with Gasteiger partial charge in [0.05, 0.1) is 0 Å². The van der Waals surface area contributed by atoms with E-state index in [0.717, 1.165) is 0 Å². The largest absolute Gasteiger partial charge is 0.405 e.